The lowest BCUT2D eigenvalue weighted by Gasteiger charge is -2.30. The van der Waals surface area contributed by atoms with E-state index in [1.54, 1.807) is 0 Å². The molecule has 340 valence electrons. The Morgan fingerprint density at radius 1 is 0.623 bits per heavy atom. The molecule has 2 fully saturated rings. The fourth-order valence-corrected chi connectivity index (χ4v) is 6.55. The number of nitrogens with one attached hydrogen (secondary N) is 6. The predicted octanol–water partition coefficient (Wildman–Crippen LogP) is -5.84. The SMILES string of the molecule is NC(=O)CC[C@H](NC(=O)[C@H](CCCN=C(N)N)NC(=O)[C@H](CCC(=O)O)NC(=O)[C@H](CCC(N)=O)NC(=O)[C@@H]1CCCN1C(=O)[C@H](CC(=O)O)NC(=O)[C@@H]1CCCN1)C(=O)O. The van der Waals surface area contributed by atoms with Gasteiger partial charge in [-0.1, -0.05) is 0 Å². The second kappa shape index (κ2) is 25.1. The van der Waals surface area contributed by atoms with Crippen molar-refractivity contribution in [1.29, 1.82) is 0 Å². The van der Waals surface area contributed by atoms with Crippen LogP contribution in [-0.4, -0.2) is 153 Å². The Hall–Kier alpha value is -6.60. The van der Waals surface area contributed by atoms with Crippen LogP contribution < -0.4 is 54.8 Å². The normalized spacial score (nSPS) is 18.2. The van der Waals surface area contributed by atoms with Crippen molar-refractivity contribution < 1.29 is 68.1 Å². The number of carbonyl (C=O) groups is 11. The Labute approximate surface area is 349 Å². The number of rotatable bonds is 27. The van der Waals surface area contributed by atoms with E-state index in [1.807, 2.05) is 0 Å². The van der Waals surface area contributed by atoms with Gasteiger partial charge in [-0.2, -0.15) is 0 Å². The second-order valence-corrected chi connectivity index (χ2v) is 14.5. The number of amides is 8. The molecule has 26 heteroatoms. The van der Waals surface area contributed by atoms with Crippen LogP contribution in [0.4, 0.5) is 0 Å². The maximum atomic E-state index is 13.8. The van der Waals surface area contributed by atoms with Gasteiger partial charge in [-0.25, -0.2) is 4.79 Å². The molecule has 0 saturated carbocycles. The summed E-state index contributed by atoms with van der Waals surface area (Å²) in [4.78, 5) is 144. The summed E-state index contributed by atoms with van der Waals surface area (Å²) in [6.07, 6.45) is -2.46. The van der Waals surface area contributed by atoms with Crippen molar-refractivity contribution in [2.45, 2.75) is 126 Å². The third kappa shape index (κ3) is 18.1. The van der Waals surface area contributed by atoms with Crippen LogP contribution >= 0.6 is 0 Å². The topological polar surface area (TPSA) is 440 Å². The van der Waals surface area contributed by atoms with E-state index in [9.17, 15) is 68.1 Å². The monoisotopic (exact) mass is 868 g/mol. The summed E-state index contributed by atoms with van der Waals surface area (Å²) < 4.78 is 0. The number of guanidine groups is 1. The number of hydrogen-bond donors (Lipinski definition) is 13. The molecule has 0 aliphatic carbocycles. The van der Waals surface area contributed by atoms with Gasteiger partial charge in [0.15, 0.2) is 5.96 Å². The third-order valence-corrected chi connectivity index (χ3v) is 9.67. The first-order valence-corrected chi connectivity index (χ1v) is 19.5. The van der Waals surface area contributed by atoms with Crippen LogP contribution in [0.5, 0.6) is 0 Å². The molecule has 2 heterocycles. The highest BCUT2D eigenvalue weighted by Gasteiger charge is 2.41. The van der Waals surface area contributed by atoms with Crippen LogP contribution in [-0.2, 0) is 52.7 Å². The molecule has 0 aromatic rings. The Balaban J connectivity index is 2.34. The molecule has 0 unspecified atom stereocenters. The molecule has 26 nitrogen and oxygen atoms in total. The highest BCUT2D eigenvalue weighted by Crippen LogP contribution is 2.20. The molecule has 2 aliphatic rings. The van der Waals surface area contributed by atoms with E-state index in [4.69, 9.17) is 22.9 Å². The molecule has 7 atom stereocenters. The van der Waals surface area contributed by atoms with Gasteiger partial charge in [-0.3, -0.25) is 52.9 Å². The molecule has 0 bridgehead atoms. The van der Waals surface area contributed by atoms with E-state index in [0.717, 1.165) is 4.90 Å². The lowest BCUT2D eigenvalue weighted by molar-refractivity contribution is -0.146. The standard InChI is InChI=1S/C35H56N12O14/c36-24(48)10-7-19(44-32(58)23-6-3-15-47(23)33(59)22(16-27(52)53)46-28(54)17-4-1-13-40-17)30(56)43-20(9-12-26(50)51)31(57)42-18(5-2-14-41-35(38)39)29(55)45-21(34(60)61)8-11-25(37)49/h17-23,40H,1-16H2,(H2,36,48)(H2,37,49)(H,42,57)(H,43,56)(H,44,58)(H,45,55)(H,46,54)(H,50,51)(H,52,53)(H,60,61)(H4,38,39,41)/t17-,18-,19-,20-,21-,22-,23-/m0/s1. The number of nitrogens with zero attached hydrogens (tertiary/aromatic N) is 2. The van der Waals surface area contributed by atoms with Gasteiger partial charge in [-0.05, 0) is 64.3 Å². The van der Waals surface area contributed by atoms with Gasteiger partial charge in [0.25, 0.3) is 0 Å². The van der Waals surface area contributed by atoms with Crippen LogP contribution in [0.15, 0.2) is 4.99 Å². The van der Waals surface area contributed by atoms with Crippen molar-refractivity contribution in [2.75, 3.05) is 19.6 Å². The first-order chi connectivity index (χ1) is 28.7. The number of carbonyl (C=O) groups excluding carboxylic acids is 8. The predicted molar refractivity (Wildman–Crippen MR) is 209 cm³/mol. The number of carboxylic acids is 3. The summed E-state index contributed by atoms with van der Waals surface area (Å²) in [5.41, 5.74) is 21.1. The van der Waals surface area contributed by atoms with Crippen molar-refractivity contribution in [3.8, 4) is 0 Å². The summed E-state index contributed by atoms with van der Waals surface area (Å²) in [6, 6.07) is -9.93. The molecule has 0 spiro atoms. The highest BCUT2D eigenvalue weighted by atomic mass is 16.4. The molecule has 8 amide bonds. The summed E-state index contributed by atoms with van der Waals surface area (Å²) in [5.74, 6) is -12.0. The second-order valence-electron chi connectivity index (χ2n) is 14.5. The number of primary amides is 2. The van der Waals surface area contributed by atoms with E-state index in [0.29, 0.717) is 19.4 Å². The molecule has 2 rings (SSSR count). The van der Waals surface area contributed by atoms with E-state index >= 15 is 0 Å². The van der Waals surface area contributed by atoms with Crippen molar-refractivity contribution in [3.63, 3.8) is 0 Å². The zero-order valence-corrected chi connectivity index (χ0v) is 33.4. The van der Waals surface area contributed by atoms with Crippen molar-refractivity contribution in [2.24, 2.45) is 27.9 Å². The number of hydrogen-bond acceptors (Lipinski definition) is 13. The first kappa shape index (κ1) is 50.5. The van der Waals surface area contributed by atoms with Gasteiger partial charge in [0.2, 0.25) is 47.3 Å². The fraction of sp³-hybridized carbons (Fsp3) is 0.657. The molecular formula is C35H56N12O14. The van der Waals surface area contributed by atoms with Gasteiger partial charge in [0.05, 0.1) is 12.5 Å². The minimum absolute atomic E-state index is 0.0147. The maximum Gasteiger partial charge on any atom is 0.326 e. The molecule has 0 aromatic carbocycles. The zero-order chi connectivity index (χ0) is 45.8. The summed E-state index contributed by atoms with van der Waals surface area (Å²) in [5, 5.41) is 43.2. The van der Waals surface area contributed by atoms with Crippen LogP contribution in [0.1, 0.15) is 83.5 Å². The van der Waals surface area contributed by atoms with Crippen molar-refractivity contribution in [1.82, 2.24) is 36.8 Å². The third-order valence-electron chi connectivity index (χ3n) is 9.67. The van der Waals surface area contributed by atoms with Gasteiger partial charge >= 0.3 is 17.9 Å². The lowest BCUT2D eigenvalue weighted by Crippen LogP contribution is -2.59. The molecule has 61 heavy (non-hydrogen) atoms. The van der Waals surface area contributed by atoms with Crippen LogP contribution in [0, 0.1) is 0 Å². The summed E-state index contributed by atoms with van der Waals surface area (Å²) >= 11 is 0. The fourth-order valence-electron chi connectivity index (χ4n) is 6.55. The Kier molecular flexibility index (Phi) is 20.8. The van der Waals surface area contributed by atoms with Gasteiger partial charge in [-0.15, -0.1) is 0 Å². The number of aliphatic carboxylic acids is 3. The van der Waals surface area contributed by atoms with Gasteiger partial charge in [0, 0.05) is 32.4 Å². The van der Waals surface area contributed by atoms with Crippen molar-refractivity contribution in [3.05, 3.63) is 0 Å². The number of carboxylic acid groups (broad SMARTS) is 3. The van der Waals surface area contributed by atoms with E-state index in [1.165, 1.54) is 0 Å². The number of likely N-dealkylation sites (tertiary alicyclic amines) is 1. The van der Waals surface area contributed by atoms with E-state index in [2.05, 4.69) is 36.9 Å². The smallest absolute Gasteiger partial charge is 0.326 e. The Bertz CT molecular complexity index is 1680. The Morgan fingerprint density at radius 2 is 1.15 bits per heavy atom. The Morgan fingerprint density at radius 3 is 1.66 bits per heavy atom. The first-order valence-electron chi connectivity index (χ1n) is 19.5. The summed E-state index contributed by atoms with van der Waals surface area (Å²) in [7, 11) is 0. The molecule has 0 radical (unpaired) electrons. The van der Waals surface area contributed by atoms with Crippen LogP contribution in [0.2, 0.25) is 0 Å². The number of aliphatic imine (C=N–C) groups is 1. The minimum atomic E-state index is -1.71. The highest BCUT2D eigenvalue weighted by molar-refractivity contribution is 5.98. The molecule has 0 aromatic heterocycles. The van der Waals surface area contributed by atoms with Gasteiger partial charge < -0.3 is 75.1 Å². The molecule has 17 N–H and O–H groups in total. The maximum absolute atomic E-state index is 13.8. The minimum Gasteiger partial charge on any atom is -0.481 e. The average Bonchev–Trinajstić information content (AvgIpc) is 3.90. The van der Waals surface area contributed by atoms with E-state index in [-0.39, 0.29) is 44.7 Å². The van der Waals surface area contributed by atoms with E-state index < -0.39 is 152 Å². The zero-order valence-electron chi connectivity index (χ0n) is 33.4. The molecule has 2 aliphatic heterocycles. The van der Waals surface area contributed by atoms with Crippen LogP contribution in [0.25, 0.3) is 0 Å². The van der Waals surface area contributed by atoms with Gasteiger partial charge in [0.1, 0.15) is 36.3 Å². The van der Waals surface area contributed by atoms with Crippen molar-refractivity contribution >= 4 is 71.1 Å². The largest absolute Gasteiger partial charge is 0.481 e. The quantitative estimate of drug-likeness (QED) is 0.0208. The molecular weight excluding hydrogens is 812 g/mol. The summed E-state index contributed by atoms with van der Waals surface area (Å²) in [6.45, 7) is 0.497. The molecule has 2 saturated heterocycles. The number of nitrogens with two attached hydrogens (primary N) is 4. The van der Waals surface area contributed by atoms with Crippen LogP contribution in [0.3, 0.4) is 0 Å². The average molecular weight is 869 g/mol. The lowest BCUT2D eigenvalue weighted by atomic mass is 10.0.